The first-order chi connectivity index (χ1) is 19.7. The van der Waals surface area contributed by atoms with E-state index < -0.39 is 40.5 Å². The van der Waals surface area contributed by atoms with Gasteiger partial charge in [0, 0.05) is 25.7 Å². The smallest absolute Gasteiger partial charge is 0.362 e. The van der Waals surface area contributed by atoms with Gasteiger partial charge in [0.25, 0.3) is 0 Å². The number of hydrogen-bond donors (Lipinski definition) is 3. The molecule has 0 radical (unpaired) electrons. The topological polar surface area (TPSA) is 112 Å². The van der Waals surface area contributed by atoms with E-state index in [1.165, 1.54) is 89.9 Å². The molecule has 3 N–H and O–H groups in total. The largest absolute Gasteiger partial charge is 0.477 e. The van der Waals surface area contributed by atoms with Crippen LogP contribution in [0.4, 0.5) is 0 Å². The van der Waals surface area contributed by atoms with Crippen molar-refractivity contribution < 1.29 is 34.2 Å². The molecule has 3 unspecified atom stereocenters. The lowest BCUT2D eigenvalue weighted by Crippen LogP contribution is -2.72. The van der Waals surface area contributed by atoms with Crippen LogP contribution >= 0.6 is 0 Å². The third kappa shape index (κ3) is 15.2. The van der Waals surface area contributed by atoms with E-state index in [0.29, 0.717) is 12.8 Å². The van der Waals surface area contributed by atoms with Crippen molar-refractivity contribution in [2.24, 2.45) is 0 Å². The van der Waals surface area contributed by atoms with Crippen LogP contribution in [-0.4, -0.2) is 62.4 Å². The zero-order chi connectivity index (χ0) is 30.9. The summed E-state index contributed by atoms with van der Waals surface area (Å²) in [5, 5.41) is 30.0. The quantitative estimate of drug-likeness (QED) is 0.0461. The van der Waals surface area contributed by atoms with Crippen molar-refractivity contribution in [3.05, 3.63) is 12.2 Å². The normalized spacial score (nSPS) is 15.4. The summed E-state index contributed by atoms with van der Waals surface area (Å²) in [5.41, 5.74) is 0. The minimum Gasteiger partial charge on any atom is -0.477 e. The summed E-state index contributed by atoms with van der Waals surface area (Å²) in [7, 11) is 0. The van der Waals surface area contributed by atoms with Crippen molar-refractivity contribution in [2.75, 3.05) is 6.54 Å². The van der Waals surface area contributed by atoms with E-state index in [4.69, 9.17) is 0 Å². The Kier molecular flexibility index (Phi) is 23.5. The van der Waals surface area contributed by atoms with E-state index in [1.54, 1.807) is 20.8 Å². The van der Waals surface area contributed by atoms with E-state index >= 15 is 0 Å². The molecule has 0 aliphatic rings. The maximum Gasteiger partial charge on any atom is 0.362 e. The Morgan fingerprint density at radius 1 is 0.488 bits per heavy atom. The monoisotopic (exact) mass is 582 g/mol. The molecule has 3 atom stereocenters. The summed E-state index contributed by atoms with van der Waals surface area (Å²) in [6.07, 6.45) is 27.2. The highest BCUT2D eigenvalue weighted by Gasteiger charge is 2.55. The lowest BCUT2D eigenvalue weighted by molar-refractivity contribution is -0.973. The lowest BCUT2D eigenvalue weighted by Gasteiger charge is -2.49. The van der Waals surface area contributed by atoms with Crippen molar-refractivity contribution in [1.29, 1.82) is 0 Å². The summed E-state index contributed by atoms with van der Waals surface area (Å²) < 4.78 is -0.434. The van der Waals surface area contributed by atoms with Gasteiger partial charge in [-0.05, 0) is 19.3 Å². The molecule has 0 rings (SSSR count). The molecule has 0 spiro atoms. The molecule has 0 bridgehead atoms. The lowest BCUT2D eigenvalue weighted by atomic mass is 9.94. The molecule has 0 aliphatic heterocycles. The first kappa shape index (κ1) is 39.1. The van der Waals surface area contributed by atoms with Crippen LogP contribution < -0.4 is 0 Å². The fraction of sp³-hybridized carbons (Fsp3) is 0.853. The zero-order valence-electron chi connectivity index (χ0n) is 27.0. The van der Waals surface area contributed by atoms with Gasteiger partial charge in [-0.25, -0.2) is 14.4 Å². The van der Waals surface area contributed by atoms with E-state index in [0.717, 1.165) is 12.8 Å². The second kappa shape index (κ2) is 24.7. The number of carboxylic acids is 3. The van der Waals surface area contributed by atoms with E-state index in [-0.39, 0.29) is 25.8 Å². The number of allylic oxidation sites excluding steroid dienone is 2. The van der Waals surface area contributed by atoms with Crippen molar-refractivity contribution in [3.8, 4) is 0 Å². The molecule has 7 heteroatoms. The first-order valence-electron chi connectivity index (χ1n) is 16.9. The van der Waals surface area contributed by atoms with Gasteiger partial charge >= 0.3 is 17.9 Å². The zero-order valence-corrected chi connectivity index (χ0v) is 27.0. The van der Waals surface area contributed by atoms with Crippen molar-refractivity contribution in [3.63, 3.8) is 0 Å². The molecule has 0 saturated heterocycles. The van der Waals surface area contributed by atoms with Gasteiger partial charge in [-0.15, -0.1) is 0 Å². The van der Waals surface area contributed by atoms with Crippen molar-refractivity contribution in [1.82, 2.24) is 0 Å². The van der Waals surface area contributed by atoms with Crippen molar-refractivity contribution >= 4 is 17.9 Å². The molecule has 0 aliphatic carbocycles. The summed E-state index contributed by atoms with van der Waals surface area (Å²) in [5.74, 6) is -3.39. The number of carbonyl (C=O) groups is 3. The maximum atomic E-state index is 12.3. The van der Waals surface area contributed by atoms with Gasteiger partial charge in [-0.2, -0.15) is 0 Å². The number of quaternary nitrogens is 1. The number of carboxylic acid groups (broad SMARTS) is 3. The SMILES string of the molecule is CCCCCCCCCCCCCCCCC/C=C/CCC[N+](C(CC)C(=O)O)(C(CC)C(=O)O)C(CC)C(=O)O. The minimum absolute atomic E-state index is 0.178. The fourth-order valence-electron chi connectivity index (χ4n) is 6.63. The fourth-order valence-corrected chi connectivity index (χ4v) is 6.63. The molecule has 240 valence electrons. The second-order valence-electron chi connectivity index (χ2n) is 11.9. The van der Waals surface area contributed by atoms with Gasteiger partial charge in [0.1, 0.15) is 0 Å². The Labute approximate surface area is 251 Å². The first-order valence-corrected chi connectivity index (χ1v) is 16.9. The van der Waals surface area contributed by atoms with Crippen LogP contribution in [0.5, 0.6) is 0 Å². The molecule has 0 saturated carbocycles. The Morgan fingerprint density at radius 3 is 1.07 bits per heavy atom. The van der Waals surface area contributed by atoms with Crippen molar-refractivity contribution in [2.45, 2.75) is 181 Å². The van der Waals surface area contributed by atoms with Crippen LogP contribution in [0.2, 0.25) is 0 Å². The third-order valence-corrected chi connectivity index (χ3v) is 8.81. The Hall–Kier alpha value is -1.89. The number of aliphatic carboxylic acids is 3. The molecule has 0 aromatic carbocycles. The third-order valence-electron chi connectivity index (χ3n) is 8.81. The molecule has 7 nitrogen and oxygen atoms in total. The summed E-state index contributed by atoms with van der Waals surface area (Å²) in [6, 6.07) is -3.25. The van der Waals surface area contributed by atoms with Crippen LogP contribution in [0.25, 0.3) is 0 Å². The molecule has 0 amide bonds. The molecule has 0 aromatic rings. The predicted octanol–water partition coefficient (Wildman–Crippen LogP) is 8.99. The summed E-state index contributed by atoms with van der Waals surface area (Å²) in [6.45, 7) is 7.58. The van der Waals surface area contributed by atoms with Crippen LogP contribution in [0.1, 0.15) is 163 Å². The number of nitrogens with zero attached hydrogens (tertiary/aromatic N) is 1. The van der Waals surface area contributed by atoms with E-state index in [9.17, 15) is 29.7 Å². The predicted molar refractivity (Wildman–Crippen MR) is 168 cm³/mol. The van der Waals surface area contributed by atoms with Gasteiger partial charge in [-0.1, -0.05) is 130 Å². The Bertz CT molecular complexity index is 667. The summed E-state index contributed by atoms with van der Waals surface area (Å²) >= 11 is 0. The van der Waals surface area contributed by atoms with E-state index in [1.807, 2.05) is 0 Å². The molecule has 0 heterocycles. The van der Waals surface area contributed by atoms with Crippen LogP contribution in [-0.2, 0) is 14.4 Å². The number of hydrogen-bond acceptors (Lipinski definition) is 3. The highest BCUT2D eigenvalue weighted by Crippen LogP contribution is 2.32. The number of unbranched alkanes of at least 4 members (excludes halogenated alkanes) is 16. The summed E-state index contributed by atoms with van der Waals surface area (Å²) in [4.78, 5) is 36.8. The van der Waals surface area contributed by atoms with Gasteiger partial charge in [-0.3, -0.25) is 4.48 Å². The van der Waals surface area contributed by atoms with Crippen LogP contribution in [0.3, 0.4) is 0 Å². The highest BCUT2D eigenvalue weighted by molar-refractivity contribution is 5.78. The molecule has 0 fully saturated rings. The Balaban J connectivity index is 4.49. The maximum absolute atomic E-state index is 12.3. The second-order valence-corrected chi connectivity index (χ2v) is 11.9. The van der Waals surface area contributed by atoms with E-state index in [2.05, 4.69) is 19.1 Å². The van der Waals surface area contributed by atoms with Crippen LogP contribution in [0.15, 0.2) is 12.2 Å². The standard InChI is InChI=1S/C34H63NO6/c1-5-9-10-11-12-13-14-15-16-17-18-19-20-21-22-23-24-25-26-27-28-35(29(6-2)32(36)37,30(7-3)33(38)39)31(8-4)34(40)41/h24-25,29-31H,5-23,26-28H2,1-4H3,(H2-,36,37,38,39,40,41)/p+1/b25-24+. The Morgan fingerprint density at radius 2 is 0.780 bits per heavy atom. The van der Waals surface area contributed by atoms with Gasteiger partial charge in [0.15, 0.2) is 18.1 Å². The highest BCUT2D eigenvalue weighted by atomic mass is 16.4. The number of rotatable bonds is 29. The molecular formula is C34H64NO6+. The average molecular weight is 583 g/mol. The molecular weight excluding hydrogens is 518 g/mol. The van der Waals surface area contributed by atoms with Gasteiger partial charge in [0.05, 0.1) is 6.54 Å². The van der Waals surface area contributed by atoms with Gasteiger partial charge < -0.3 is 15.3 Å². The average Bonchev–Trinajstić information content (AvgIpc) is 2.92. The minimum atomic E-state index is -1.13. The molecule has 41 heavy (non-hydrogen) atoms. The van der Waals surface area contributed by atoms with Crippen LogP contribution in [0, 0.1) is 0 Å². The van der Waals surface area contributed by atoms with Gasteiger partial charge in [0.2, 0.25) is 0 Å². The molecule has 0 aromatic heterocycles.